The molecule has 4 heteroatoms. The predicted molar refractivity (Wildman–Crippen MR) is 122 cm³/mol. The van der Waals surface area contributed by atoms with E-state index in [0.29, 0.717) is 12.5 Å². The van der Waals surface area contributed by atoms with Crippen molar-refractivity contribution in [2.75, 3.05) is 6.61 Å². The van der Waals surface area contributed by atoms with Crippen LogP contribution in [0.3, 0.4) is 0 Å². The molecule has 0 rings (SSSR count). The third-order valence-corrected chi connectivity index (χ3v) is 5.87. The van der Waals surface area contributed by atoms with Gasteiger partial charge < -0.3 is 11.3 Å². The molecule has 29 heavy (non-hydrogen) atoms. The maximum Gasteiger partial charge on any atom is 1.00 e. The first-order valence-corrected chi connectivity index (χ1v) is 12.6. The van der Waals surface area contributed by atoms with Gasteiger partial charge in [-0.1, -0.05) is 129 Å². The summed E-state index contributed by atoms with van der Waals surface area (Å²) in [6.45, 7) is 4.92. The van der Waals surface area contributed by atoms with E-state index in [2.05, 4.69) is 13.8 Å². The number of rotatable bonds is 22. The minimum absolute atomic E-state index is 0. The van der Waals surface area contributed by atoms with E-state index in [1.54, 1.807) is 0 Å². The number of unbranched alkanes of at least 4 members (excludes halogenated alkanes) is 16. The number of hydrogen-bond donors (Lipinski definition) is 1. The second-order valence-electron chi connectivity index (χ2n) is 8.68. The fourth-order valence-electron chi connectivity index (χ4n) is 3.99. The van der Waals surface area contributed by atoms with Gasteiger partial charge in [-0.3, -0.25) is 0 Å². The third kappa shape index (κ3) is 25.8. The van der Waals surface area contributed by atoms with Crippen molar-refractivity contribution >= 4 is 6.16 Å². The van der Waals surface area contributed by atoms with Gasteiger partial charge in [-0.25, -0.2) is 4.79 Å². The number of hydrogen-bond acceptors (Lipinski definition) is 2. The van der Waals surface area contributed by atoms with Crippen molar-refractivity contribution in [1.82, 2.24) is 0 Å². The van der Waals surface area contributed by atoms with Crippen LogP contribution in [0.25, 0.3) is 0 Å². The molecule has 0 aromatic rings. The van der Waals surface area contributed by atoms with Gasteiger partial charge in [0, 0.05) is 0 Å². The molecule has 0 radical (unpaired) electrons. The Bertz CT molecular complexity index is 330. The molecular formula is C25H51LiO3. The molecule has 0 aromatic heterocycles. The second kappa shape index (κ2) is 25.9. The molecule has 0 aromatic carbocycles. The molecular weight excluding hydrogens is 355 g/mol. The predicted octanol–water partition coefficient (Wildman–Crippen LogP) is 6.26. The van der Waals surface area contributed by atoms with E-state index in [4.69, 9.17) is 9.84 Å². The van der Waals surface area contributed by atoms with E-state index in [1.807, 2.05) is 0 Å². The Morgan fingerprint density at radius 1 is 0.655 bits per heavy atom. The molecule has 170 valence electrons. The van der Waals surface area contributed by atoms with E-state index in [-0.39, 0.29) is 20.3 Å². The Kier molecular flexibility index (Phi) is 27.7. The van der Waals surface area contributed by atoms with Crippen LogP contribution in [0.1, 0.15) is 144 Å². The van der Waals surface area contributed by atoms with Crippen molar-refractivity contribution in [3.63, 3.8) is 0 Å². The van der Waals surface area contributed by atoms with E-state index >= 15 is 0 Å². The molecule has 0 bridgehead atoms. The van der Waals surface area contributed by atoms with E-state index < -0.39 is 6.16 Å². The van der Waals surface area contributed by atoms with Crippen LogP contribution in [0.15, 0.2) is 0 Å². The van der Waals surface area contributed by atoms with Crippen LogP contribution >= 0.6 is 0 Å². The summed E-state index contributed by atoms with van der Waals surface area (Å²) in [4.78, 5) is 10.7. The monoisotopic (exact) mass is 406 g/mol. The summed E-state index contributed by atoms with van der Waals surface area (Å²) in [6, 6.07) is 0. The van der Waals surface area contributed by atoms with Crippen molar-refractivity contribution in [3.8, 4) is 0 Å². The van der Waals surface area contributed by atoms with Crippen molar-refractivity contribution < 1.29 is 34.9 Å². The van der Waals surface area contributed by atoms with Gasteiger partial charge >= 0.3 is 25.0 Å². The molecule has 0 spiro atoms. The minimum atomic E-state index is -1.12. The van der Waals surface area contributed by atoms with E-state index in [1.165, 1.54) is 116 Å². The first kappa shape index (κ1) is 31.1. The fourth-order valence-corrected chi connectivity index (χ4v) is 3.99. The molecule has 0 saturated carbocycles. The molecule has 0 heterocycles. The van der Waals surface area contributed by atoms with Crippen LogP contribution in [-0.2, 0) is 4.74 Å². The summed E-state index contributed by atoms with van der Waals surface area (Å²) in [5, 5.41) is 8.80. The van der Waals surface area contributed by atoms with Gasteiger partial charge in [-0.2, -0.15) is 0 Å². The summed E-state index contributed by atoms with van der Waals surface area (Å²) in [6.07, 6.45) is 25.3. The molecule has 1 atom stereocenters. The number of carbonyl (C=O) groups is 1. The van der Waals surface area contributed by atoms with Gasteiger partial charge in [0.1, 0.15) is 0 Å². The zero-order chi connectivity index (χ0) is 20.7. The summed E-state index contributed by atoms with van der Waals surface area (Å²) >= 11 is 0. The van der Waals surface area contributed by atoms with Gasteiger partial charge in [-0.15, -0.1) is 0 Å². The second-order valence-corrected chi connectivity index (χ2v) is 8.68. The van der Waals surface area contributed by atoms with Crippen LogP contribution in [0.2, 0.25) is 0 Å². The SMILES string of the molecule is CCCCCCCCCCCCC(CCCCCCCCCC)COC(=O)O.[H-].[Li+]. The van der Waals surface area contributed by atoms with Crippen molar-refractivity contribution in [1.29, 1.82) is 0 Å². The summed E-state index contributed by atoms with van der Waals surface area (Å²) in [5.74, 6) is 0.422. The average Bonchev–Trinajstić information content (AvgIpc) is 2.68. The molecule has 0 aliphatic carbocycles. The van der Waals surface area contributed by atoms with Gasteiger partial charge in [0.15, 0.2) is 0 Å². The van der Waals surface area contributed by atoms with Gasteiger partial charge in [0.05, 0.1) is 6.61 Å². The normalized spacial score (nSPS) is 11.8. The van der Waals surface area contributed by atoms with Gasteiger partial charge in [0.2, 0.25) is 0 Å². The topological polar surface area (TPSA) is 46.5 Å². The van der Waals surface area contributed by atoms with E-state index in [9.17, 15) is 4.79 Å². The molecule has 0 aliphatic heterocycles. The largest absolute Gasteiger partial charge is 1.00 e. The van der Waals surface area contributed by atoms with Crippen LogP contribution in [-0.4, -0.2) is 17.9 Å². The van der Waals surface area contributed by atoms with Crippen LogP contribution in [0.4, 0.5) is 4.79 Å². The standard InChI is InChI=1S/C25H50O3.Li.H/c1-3-5-7-9-11-13-14-16-18-20-22-24(23-28-25(26)27)21-19-17-15-12-10-8-6-4-2;;/h24H,3-23H2,1-2H3,(H,26,27);;/q;+1;-1. The first-order valence-electron chi connectivity index (χ1n) is 12.6. The molecule has 0 amide bonds. The smallest absolute Gasteiger partial charge is 1.00 e. The molecule has 0 fully saturated rings. The quantitative estimate of drug-likeness (QED) is 0.131. The Morgan fingerprint density at radius 3 is 1.28 bits per heavy atom. The summed E-state index contributed by atoms with van der Waals surface area (Å²) < 4.78 is 4.89. The molecule has 0 saturated heterocycles. The fraction of sp³-hybridized carbons (Fsp3) is 0.960. The number of ether oxygens (including phenoxy) is 1. The van der Waals surface area contributed by atoms with Gasteiger partial charge in [0.25, 0.3) is 0 Å². The molecule has 1 N–H and O–H groups in total. The molecule has 1 unspecified atom stereocenters. The zero-order valence-corrected chi connectivity index (χ0v) is 20.2. The average molecular weight is 407 g/mol. The van der Waals surface area contributed by atoms with Gasteiger partial charge in [-0.05, 0) is 18.8 Å². The third-order valence-electron chi connectivity index (χ3n) is 5.87. The molecule has 3 nitrogen and oxygen atoms in total. The van der Waals surface area contributed by atoms with Crippen molar-refractivity contribution in [3.05, 3.63) is 0 Å². The summed E-state index contributed by atoms with van der Waals surface area (Å²) in [7, 11) is 0. The number of carboxylic acid groups (broad SMARTS) is 1. The Hall–Kier alpha value is -0.133. The Balaban J connectivity index is -0.00000364. The molecule has 0 aliphatic rings. The van der Waals surface area contributed by atoms with Crippen molar-refractivity contribution in [2.24, 2.45) is 5.92 Å². The maximum absolute atomic E-state index is 10.7. The Morgan fingerprint density at radius 2 is 0.966 bits per heavy atom. The Labute approximate surface area is 195 Å². The maximum atomic E-state index is 10.7. The minimum Gasteiger partial charge on any atom is -1.00 e. The van der Waals surface area contributed by atoms with Crippen molar-refractivity contribution in [2.45, 2.75) is 142 Å². The summed E-state index contributed by atoms with van der Waals surface area (Å²) in [5.41, 5.74) is 0. The van der Waals surface area contributed by atoms with E-state index in [0.717, 1.165) is 12.8 Å². The van der Waals surface area contributed by atoms with Crippen LogP contribution < -0.4 is 18.9 Å². The zero-order valence-electron chi connectivity index (χ0n) is 21.2. The van der Waals surface area contributed by atoms with Crippen LogP contribution in [0.5, 0.6) is 0 Å². The van der Waals surface area contributed by atoms with Crippen LogP contribution in [0, 0.1) is 5.92 Å². The first-order chi connectivity index (χ1) is 13.7.